The molecular weight excluding hydrogens is 275 g/mol. The summed E-state index contributed by atoms with van der Waals surface area (Å²) in [6.07, 6.45) is 2.15. The summed E-state index contributed by atoms with van der Waals surface area (Å²) in [7, 11) is -3.52. The van der Waals surface area contributed by atoms with Crippen molar-refractivity contribution in [1.82, 2.24) is 0 Å². The van der Waals surface area contributed by atoms with Gasteiger partial charge in [-0.2, -0.15) is 0 Å². The number of benzene rings is 2. The smallest absolute Gasteiger partial charge is 0.181 e. The Bertz CT molecular complexity index is 651. The zero-order valence-corrected chi connectivity index (χ0v) is 11.9. The van der Waals surface area contributed by atoms with E-state index in [2.05, 4.69) is 0 Å². The van der Waals surface area contributed by atoms with Crippen molar-refractivity contribution in [3.63, 3.8) is 0 Å². The Morgan fingerprint density at radius 2 is 1.50 bits per heavy atom. The standard InChI is InChI=1S/C16H17FO2S/c17-15-11-4-5-12-16(15)20(18,19)13-7-6-10-14-8-2-1-3-9-14/h1-5,8-9,11-12H,6-7,10,13H2. The SMILES string of the molecule is O=S(=O)(CCCCc1ccccc1)c1ccccc1F. The van der Waals surface area contributed by atoms with Crippen molar-refractivity contribution in [3.05, 3.63) is 66.0 Å². The molecule has 2 aromatic rings. The molecule has 0 heterocycles. The Morgan fingerprint density at radius 1 is 0.850 bits per heavy atom. The molecule has 2 rings (SSSR count). The highest BCUT2D eigenvalue weighted by atomic mass is 32.2. The summed E-state index contributed by atoms with van der Waals surface area (Å²) in [5.41, 5.74) is 1.19. The second kappa shape index (κ2) is 6.66. The second-order valence-corrected chi connectivity index (χ2v) is 6.77. The maximum Gasteiger partial charge on any atom is 0.181 e. The first-order chi connectivity index (χ1) is 9.59. The van der Waals surface area contributed by atoms with Gasteiger partial charge in [0.05, 0.1) is 5.75 Å². The zero-order chi connectivity index (χ0) is 14.4. The van der Waals surface area contributed by atoms with E-state index < -0.39 is 15.7 Å². The molecule has 0 saturated carbocycles. The molecule has 0 N–H and O–H groups in total. The minimum absolute atomic E-state index is 0.0131. The van der Waals surface area contributed by atoms with Crippen molar-refractivity contribution >= 4 is 9.84 Å². The van der Waals surface area contributed by atoms with Gasteiger partial charge < -0.3 is 0 Å². The topological polar surface area (TPSA) is 34.1 Å². The fourth-order valence-corrected chi connectivity index (χ4v) is 3.53. The maximum absolute atomic E-state index is 13.5. The van der Waals surface area contributed by atoms with Gasteiger partial charge in [0.25, 0.3) is 0 Å². The minimum Gasteiger partial charge on any atom is -0.224 e. The van der Waals surface area contributed by atoms with Crippen LogP contribution < -0.4 is 0 Å². The summed E-state index contributed by atoms with van der Waals surface area (Å²) in [5.74, 6) is -0.684. The van der Waals surface area contributed by atoms with Crippen LogP contribution in [-0.4, -0.2) is 14.2 Å². The van der Waals surface area contributed by atoms with E-state index in [-0.39, 0.29) is 10.6 Å². The Hall–Kier alpha value is -1.68. The van der Waals surface area contributed by atoms with E-state index >= 15 is 0 Å². The lowest BCUT2D eigenvalue weighted by atomic mass is 10.1. The molecular formula is C16H17FO2S. The van der Waals surface area contributed by atoms with E-state index in [1.54, 1.807) is 6.07 Å². The molecule has 2 aromatic carbocycles. The van der Waals surface area contributed by atoms with E-state index in [1.807, 2.05) is 30.3 Å². The number of unbranched alkanes of at least 4 members (excludes halogenated alkanes) is 1. The van der Waals surface area contributed by atoms with Crippen LogP contribution in [0, 0.1) is 5.82 Å². The average molecular weight is 292 g/mol. The highest BCUT2D eigenvalue weighted by Crippen LogP contribution is 2.17. The van der Waals surface area contributed by atoms with Crippen molar-refractivity contribution in [2.45, 2.75) is 24.2 Å². The van der Waals surface area contributed by atoms with Gasteiger partial charge >= 0.3 is 0 Å². The van der Waals surface area contributed by atoms with E-state index in [1.165, 1.54) is 23.8 Å². The third kappa shape index (κ3) is 3.90. The Balaban J connectivity index is 1.89. The highest BCUT2D eigenvalue weighted by molar-refractivity contribution is 7.91. The van der Waals surface area contributed by atoms with Crippen LogP contribution in [0.2, 0.25) is 0 Å². The molecule has 20 heavy (non-hydrogen) atoms. The normalized spacial score (nSPS) is 11.4. The lowest BCUT2D eigenvalue weighted by Crippen LogP contribution is -2.09. The van der Waals surface area contributed by atoms with Crippen LogP contribution in [0.15, 0.2) is 59.5 Å². The van der Waals surface area contributed by atoms with Crippen molar-refractivity contribution in [2.75, 3.05) is 5.75 Å². The zero-order valence-electron chi connectivity index (χ0n) is 11.1. The monoisotopic (exact) mass is 292 g/mol. The van der Waals surface area contributed by atoms with Gasteiger partial charge in [-0.25, -0.2) is 12.8 Å². The van der Waals surface area contributed by atoms with Crippen LogP contribution in [0.4, 0.5) is 4.39 Å². The summed E-state index contributed by atoms with van der Waals surface area (Å²) >= 11 is 0. The van der Waals surface area contributed by atoms with Gasteiger partial charge in [-0.15, -0.1) is 0 Å². The maximum atomic E-state index is 13.5. The van der Waals surface area contributed by atoms with E-state index in [0.29, 0.717) is 6.42 Å². The predicted molar refractivity (Wildman–Crippen MR) is 77.8 cm³/mol. The molecule has 0 bridgehead atoms. The number of halogens is 1. The molecule has 2 nitrogen and oxygen atoms in total. The van der Waals surface area contributed by atoms with Crippen LogP contribution in [0.1, 0.15) is 18.4 Å². The third-order valence-corrected chi connectivity index (χ3v) is 4.97. The van der Waals surface area contributed by atoms with Crippen LogP contribution in [-0.2, 0) is 16.3 Å². The molecule has 106 valence electrons. The Morgan fingerprint density at radius 3 is 2.20 bits per heavy atom. The first kappa shape index (κ1) is 14.7. The van der Waals surface area contributed by atoms with Gasteiger partial charge in [0.1, 0.15) is 10.7 Å². The van der Waals surface area contributed by atoms with Crippen molar-refractivity contribution in [1.29, 1.82) is 0 Å². The quantitative estimate of drug-likeness (QED) is 0.762. The van der Waals surface area contributed by atoms with E-state index in [0.717, 1.165) is 12.8 Å². The molecule has 0 unspecified atom stereocenters. The molecule has 0 spiro atoms. The minimum atomic E-state index is -3.52. The van der Waals surface area contributed by atoms with Gasteiger partial charge in [-0.05, 0) is 37.0 Å². The van der Waals surface area contributed by atoms with Gasteiger partial charge in [-0.1, -0.05) is 42.5 Å². The summed E-state index contributed by atoms with van der Waals surface area (Å²) in [6, 6.07) is 15.4. The first-order valence-electron chi connectivity index (χ1n) is 6.61. The molecule has 0 aliphatic rings. The highest BCUT2D eigenvalue weighted by Gasteiger charge is 2.17. The molecule has 0 fully saturated rings. The fraction of sp³-hybridized carbons (Fsp3) is 0.250. The van der Waals surface area contributed by atoms with Crippen LogP contribution in [0.25, 0.3) is 0 Å². The van der Waals surface area contributed by atoms with Crippen molar-refractivity contribution < 1.29 is 12.8 Å². The first-order valence-corrected chi connectivity index (χ1v) is 8.26. The number of sulfone groups is 1. The predicted octanol–water partition coefficient (Wildman–Crippen LogP) is 3.62. The molecule has 4 heteroatoms. The van der Waals surface area contributed by atoms with Gasteiger partial charge in [-0.3, -0.25) is 0 Å². The lowest BCUT2D eigenvalue weighted by Gasteiger charge is -2.05. The summed E-state index contributed by atoms with van der Waals surface area (Å²) in [6.45, 7) is 0. The van der Waals surface area contributed by atoms with Gasteiger partial charge in [0, 0.05) is 0 Å². The lowest BCUT2D eigenvalue weighted by molar-refractivity contribution is 0.564. The summed E-state index contributed by atoms with van der Waals surface area (Å²) in [5, 5.41) is 0. The van der Waals surface area contributed by atoms with E-state index in [4.69, 9.17) is 0 Å². The molecule has 0 aromatic heterocycles. The fourth-order valence-electron chi connectivity index (χ4n) is 2.07. The van der Waals surface area contributed by atoms with Crippen LogP contribution >= 0.6 is 0 Å². The van der Waals surface area contributed by atoms with Crippen molar-refractivity contribution in [2.24, 2.45) is 0 Å². The summed E-state index contributed by atoms with van der Waals surface area (Å²) < 4.78 is 37.5. The van der Waals surface area contributed by atoms with Gasteiger partial charge in [0.2, 0.25) is 0 Å². The average Bonchev–Trinajstić information content (AvgIpc) is 2.45. The molecule has 0 amide bonds. The second-order valence-electron chi connectivity index (χ2n) is 4.69. The molecule has 0 aliphatic carbocycles. The molecule has 0 aliphatic heterocycles. The third-order valence-electron chi connectivity index (χ3n) is 3.14. The largest absolute Gasteiger partial charge is 0.224 e. The molecule has 0 saturated heterocycles. The number of hydrogen-bond acceptors (Lipinski definition) is 2. The van der Waals surface area contributed by atoms with Crippen LogP contribution in [0.3, 0.4) is 0 Å². The molecule has 0 radical (unpaired) electrons. The number of aryl methyl sites for hydroxylation is 1. The Kier molecular flexibility index (Phi) is 4.90. The number of rotatable bonds is 6. The van der Waals surface area contributed by atoms with Gasteiger partial charge in [0.15, 0.2) is 9.84 Å². The number of hydrogen-bond donors (Lipinski definition) is 0. The summed E-state index contributed by atoms with van der Waals surface area (Å²) in [4.78, 5) is -0.195. The van der Waals surface area contributed by atoms with Crippen LogP contribution in [0.5, 0.6) is 0 Å². The van der Waals surface area contributed by atoms with E-state index in [9.17, 15) is 12.8 Å². The van der Waals surface area contributed by atoms with Crippen molar-refractivity contribution in [3.8, 4) is 0 Å². The molecule has 0 atom stereocenters. The Labute approximate surface area is 119 Å².